The highest BCUT2D eigenvalue weighted by atomic mass is 79.9. The molecular formula is C12H14BrN3O4. The van der Waals surface area contributed by atoms with Crippen molar-refractivity contribution in [2.75, 3.05) is 18.0 Å². The summed E-state index contributed by atoms with van der Waals surface area (Å²) < 4.78 is 0.591. The Morgan fingerprint density at radius 1 is 1.65 bits per heavy atom. The monoisotopic (exact) mass is 343 g/mol. The Bertz CT molecular complexity index is 572. The van der Waals surface area contributed by atoms with E-state index in [1.165, 1.54) is 6.20 Å². The Morgan fingerprint density at radius 2 is 2.25 bits per heavy atom. The lowest BCUT2D eigenvalue weighted by molar-refractivity contribution is -0.385. The van der Waals surface area contributed by atoms with Gasteiger partial charge in [-0.15, -0.1) is 0 Å². The van der Waals surface area contributed by atoms with Gasteiger partial charge in [-0.2, -0.15) is 0 Å². The Kier molecular flexibility index (Phi) is 3.94. The molecule has 8 heteroatoms. The van der Waals surface area contributed by atoms with E-state index in [9.17, 15) is 14.9 Å². The fourth-order valence-electron chi connectivity index (χ4n) is 2.16. The summed E-state index contributed by atoms with van der Waals surface area (Å²) in [6, 6.07) is 0. The smallest absolute Gasteiger partial charge is 0.306 e. The zero-order chi connectivity index (χ0) is 15.0. The van der Waals surface area contributed by atoms with E-state index >= 15 is 0 Å². The van der Waals surface area contributed by atoms with Crippen LogP contribution in [0.2, 0.25) is 0 Å². The maximum atomic E-state index is 10.9. The second-order valence-corrected chi connectivity index (χ2v) is 5.75. The molecule has 0 bridgehead atoms. The first-order valence-corrected chi connectivity index (χ1v) is 6.89. The van der Waals surface area contributed by atoms with Gasteiger partial charge in [0.1, 0.15) is 12.0 Å². The highest BCUT2D eigenvalue weighted by Crippen LogP contribution is 2.37. The van der Waals surface area contributed by atoms with Crippen LogP contribution in [-0.4, -0.2) is 34.1 Å². The van der Waals surface area contributed by atoms with Gasteiger partial charge >= 0.3 is 5.97 Å². The van der Waals surface area contributed by atoms with Crippen molar-refractivity contribution in [3.8, 4) is 0 Å². The minimum atomic E-state index is -0.804. The van der Waals surface area contributed by atoms with Gasteiger partial charge in [0.05, 0.1) is 15.3 Å². The summed E-state index contributed by atoms with van der Waals surface area (Å²) in [5, 5.41) is 19.8. The van der Waals surface area contributed by atoms with Crippen molar-refractivity contribution < 1.29 is 14.8 Å². The van der Waals surface area contributed by atoms with Crippen LogP contribution in [0, 0.1) is 28.9 Å². The summed E-state index contributed by atoms with van der Waals surface area (Å²) in [5.74, 6) is -0.496. The van der Waals surface area contributed by atoms with Gasteiger partial charge in [-0.3, -0.25) is 14.9 Å². The highest BCUT2D eigenvalue weighted by Gasteiger charge is 2.36. The van der Waals surface area contributed by atoms with Gasteiger partial charge < -0.3 is 10.0 Å². The molecular weight excluding hydrogens is 330 g/mol. The van der Waals surface area contributed by atoms with Crippen LogP contribution in [-0.2, 0) is 4.79 Å². The third-order valence-electron chi connectivity index (χ3n) is 3.72. The van der Waals surface area contributed by atoms with Crippen LogP contribution < -0.4 is 4.90 Å². The molecule has 1 atom stereocenters. The molecule has 0 radical (unpaired) electrons. The Balaban J connectivity index is 2.15. The summed E-state index contributed by atoms with van der Waals surface area (Å²) in [6.45, 7) is 4.53. The SMILES string of the molecule is Cc1c([N+](=O)[O-])cnc(N2CC(C(C)C(=O)O)C2)c1Br. The van der Waals surface area contributed by atoms with Crippen molar-refractivity contribution in [2.24, 2.45) is 11.8 Å². The first-order valence-electron chi connectivity index (χ1n) is 6.10. The van der Waals surface area contributed by atoms with Crippen LogP contribution in [0.15, 0.2) is 10.7 Å². The van der Waals surface area contributed by atoms with E-state index in [1.807, 2.05) is 4.90 Å². The number of carbonyl (C=O) groups is 1. The largest absolute Gasteiger partial charge is 0.481 e. The Hall–Kier alpha value is -1.70. The number of pyridine rings is 1. The molecule has 0 spiro atoms. The van der Waals surface area contributed by atoms with E-state index in [1.54, 1.807) is 13.8 Å². The van der Waals surface area contributed by atoms with Crippen LogP contribution >= 0.6 is 15.9 Å². The van der Waals surface area contributed by atoms with Crippen LogP contribution in [0.4, 0.5) is 11.5 Å². The summed E-state index contributed by atoms with van der Waals surface area (Å²) >= 11 is 3.34. The van der Waals surface area contributed by atoms with Gasteiger partial charge in [0.15, 0.2) is 0 Å². The number of nitrogens with zero attached hydrogens (tertiary/aromatic N) is 3. The van der Waals surface area contributed by atoms with E-state index in [4.69, 9.17) is 5.11 Å². The molecule has 0 aliphatic carbocycles. The van der Waals surface area contributed by atoms with Gasteiger partial charge in [-0.25, -0.2) is 4.98 Å². The first kappa shape index (κ1) is 14.7. The quantitative estimate of drug-likeness (QED) is 0.665. The number of carboxylic acid groups (broad SMARTS) is 1. The number of aromatic nitrogens is 1. The maximum absolute atomic E-state index is 10.9. The first-order chi connectivity index (χ1) is 9.32. The molecule has 1 aromatic rings. The third-order valence-corrected chi connectivity index (χ3v) is 4.67. The molecule has 2 heterocycles. The maximum Gasteiger partial charge on any atom is 0.306 e. The molecule has 1 N–H and O–H groups in total. The average Bonchev–Trinajstić information content (AvgIpc) is 2.31. The number of carboxylic acids is 1. The molecule has 7 nitrogen and oxygen atoms in total. The molecule has 20 heavy (non-hydrogen) atoms. The number of halogens is 1. The van der Waals surface area contributed by atoms with Gasteiger partial charge in [-0.05, 0) is 22.9 Å². The number of anilines is 1. The van der Waals surface area contributed by atoms with Gasteiger partial charge in [0.2, 0.25) is 0 Å². The van der Waals surface area contributed by atoms with Crippen molar-refractivity contribution >= 4 is 33.4 Å². The van der Waals surface area contributed by atoms with Crippen molar-refractivity contribution in [2.45, 2.75) is 13.8 Å². The van der Waals surface area contributed by atoms with E-state index in [0.717, 1.165) is 0 Å². The molecule has 0 amide bonds. The van der Waals surface area contributed by atoms with Gasteiger partial charge in [0, 0.05) is 24.6 Å². The number of aliphatic carboxylic acids is 1. The molecule has 108 valence electrons. The lowest BCUT2D eigenvalue weighted by Crippen LogP contribution is -2.51. The lowest BCUT2D eigenvalue weighted by Gasteiger charge is -2.42. The summed E-state index contributed by atoms with van der Waals surface area (Å²) in [6.07, 6.45) is 1.24. The second kappa shape index (κ2) is 5.35. The average molecular weight is 344 g/mol. The molecule has 1 saturated heterocycles. The van der Waals surface area contributed by atoms with Crippen LogP contribution in [0.5, 0.6) is 0 Å². The molecule has 1 aliphatic heterocycles. The Morgan fingerprint density at radius 3 is 2.75 bits per heavy atom. The summed E-state index contributed by atoms with van der Waals surface area (Å²) in [4.78, 5) is 27.3. The van der Waals surface area contributed by atoms with Crippen molar-refractivity contribution in [3.05, 3.63) is 26.3 Å². The van der Waals surface area contributed by atoms with E-state index in [2.05, 4.69) is 20.9 Å². The molecule has 2 rings (SSSR count). The molecule has 0 aromatic carbocycles. The minimum absolute atomic E-state index is 0.0309. The van der Waals surface area contributed by atoms with Crippen molar-refractivity contribution in [1.82, 2.24) is 4.98 Å². The molecule has 1 aromatic heterocycles. The zero-order valence-electron chi connectivity index (χ0n) is 11.0. The zero-order valence-corrected chi connectivity index (χ0v) is 12.6. The van der Waals surface area contributed by atoms with Crippen LogP contribution in [0.1, 0.15) is 12.5 Å². The molecule has 1 unspecified atom stereocenters. The van der Waals surface area contributed by atoms with Crippen molar-refractivity contribution in [1.29, 1.82) is 0 Å². The minimum Gasteiger partial charge on any atom is -0.481 e. The molecule has 1 fully saturated rings. The number of nitro groups is 1. The predicted octanol–water partition coefficient (Wildman–Crippen LogP) is 2.22. The topological polar surface area (TPSA) is 96.6 Å². The van der Waals surface area contributed by atoms with E-state index in [-0.39, 0.29) is 11.6 Å². The Labute approximate surface area is 123 Å². The number of rotatable bonds is 4. The van der Waals surface area contributed by atoms with Gasteiger partial charge in [-0.1, -0.05) is 6.92 Å². The van der Waals surface area contributed by atoms with Crippen LogP contribution in [0.25, 0.3) is 0 Å². The fraction of sp³-hybridized carbons (Fsp3) is 0.500. The number of hydrogen-bond acceptors (Lipinski definition) is 5. The van der Waals surface area contributed by atoms with Crippen molar-refractivity contribution in [3.63, 3.8) is 0 Å². The van der Waals surface area contributed by atoms with Gasteiger partial charge in [0.25, 0.3) is 5.69 Å². The lowest BCUT2D eigenvalue weighted by atomic mass is 9.87. The number of hydrogen-bond donors (Lipinski definition) is 1. The summed E-state index contributed by atoms with van der Waals surface area (Å²) in [7, 11) is 0. The molecule has 1 aliphatic rings. The van der Waals surface area contributed by atoms with E-state index in [0.29, 0.717) is 28.9 Å². The fourth-order valence-corrected chi connectivity index (χ4v) is 2.72. The predicted molar refractivity (Wildman–Crippen MR) is 75.8 cm³/mol. The second-order valence-electron chi connectivity index (χ2n) is 4.96. The standard InChI is InChI=1S/C12H14BrN3O4/c1-6(12(17)18)8-4-15(5-8)11-10(13)7(2)9(3-14-11)16(19)20/h3,6,8H,4-5H2,1-2H3,(H,17,18). The normalized spacial score (nSPS) is 16.6. The highest BCUT2D eigenvalue weighted by molar-refractivity contribution is 9.10. The van der Waals surface area contributed by atoms with E-state index < -0.39 is 16.8 Å². The van der Waals surface area contributed by atoms with Crippen LogP contribution in [0.3, 0.4) is 0 Å². The third kappa shape index (κ3) is 2.47. The molecule has 0 saturated carbocycles. The summed E-state index contributed by atoms with van der Waals surface area (Å²) in [5.41, 5.74) is 0.492.